The Hall–Kier alpha value is -0.0800. The van der Waals surface area contributed by atoms with Crippen molar-refractivity contribution in [3.05, 3.63) is 0 Å². The largest absolute Gasteiger partial charge is 0.343 e. The zero-order valence-electron chi connectivity index (χ0n) is 15.5. The van der Waals surface area contributed by atoms with Crippen LogP contribution in [0.1, 0.15) is 81.1 Å². The lowest BCUT2D eigenvalue weighted by atomic mass is 9.78. The van der Waals surface area contributed by atoms with E-state index in [1.807, 2.05) is 0 Å². The maximum Gasteiger partial charge on any atom is 0.170 e. The first-order chi connectivity index (χ1) is 9.60. The molecule has 0 aromatic heterocycles. The van der Waals surface area contributed by atoms with E-state index in [4.69, 9.17) is 9.47 Å². The molecule has 0 amide bonds. The summed E-state index contributed by atoms with van der Waals surface area (Å²) >= 11 is 0. The van der Waals surface area contributed by atoms with Gasteiger partial charge in [0.25, 0.3) is 0 Å². The Morgan fingerprint density at radius 1 is 0.524 bits per heavy atom. The quantitative estimate of drug-likeness (QED) is 0.691. The first kappa shape index (κ1) is 17.3. The van der Waals surface area contributed by atoms with Crippen molar-refractivity contribution in [2.24, 2.45) is 23.7 Å². The SMILES string of the molecule is CC(C)C1(C(C)C)CCC2(CCC(C(C)C)(C(C)C)O2)O1. The van der Waals surface area contributed by atoms with Crippen LogP contribution >= 0.6 is 0 Å². The number of rotatable bonds is 4. The van der Waals surface area contributed by atoms with Crippen LogP contribution < -0.4 is 0 Å². The second-order valence-corrected chi connectivity index (χ2v) is 8.64. The molecule has 2 aliphatic rings. The van der Waals surface area contributed by atoms with Crippen LogP contribution in [0, 0.1) is 23.7 Å². The number of ether oxygens (including phenoxy) is 2. The highest BCUT2D eigenvalue weighted by Crippen LogP contribution is 2.56. The van der Waals surface area contributed by atoms with Gasteiger partial charge in [-0.2, -0.15) is 0 Å². The van der Waals surface area contributed by atoms with Crippen molar-refractivity contribution in [1.82, 2.24) is 0 Å². The molecule has 0 aromatic rings. The summed E-state index contributed by atoms with van der Waals surface area (Å²) in [7, 11) is 0. The van der Waals surface area contributed by atoms with Crippen LogP contribution in [-0.2, 0) is 9.47 Å². The van der Waals surface area contributed by atoms with Crippen molar-refractivity contribution in [3.63, 3.8) is 0 Å². The first-order valence-electron chi connectivity index (χ1n) is 9.00. The van der Waals surface area contributed by atoms with Gasteiger partial charge in [-0.1, -0.05) is 55.4 Å². The van der Waals surface area contributed by atoms with E-state index in [1.165, 1.54) is 0 Å². The predicted molar refractivity (Wildman–Crippen MR) is 88.2 cm³/mol. The molecule has 2 nitrogen and oxygen atoms in total. The third kappa shape index (κ3) is 2.57. The molecule has 21 heavy (non-hydrogen) atoms. The third-order valence-corrected chi connectivity index (χ3v) is 6.45. The van der Waals surface area contributed by atoms with Crippen LogP contribution in [-0.4, -0.2) is 17.0 Å². The molecule has 0 aliphatic carbocycles. The van der Waals surface area contributed by atoms with Gasteiger partial charge in [-0.25, -0.2) is 0 Å². The molecule has 0 atom stereocenters. The normalized spacial score (nSPS) is 26.9. The van der Waals surface area contributed by atoms with Gasteiger partial charge in [0.05, 0.1) is 11.2 Å². The van der Waals surface area contributed by atoms with Gasteiger partial charge in [-0.05, 0) is 36.5 Å². The van der Waals surface area contributed by atoms with Crippen molar-refractivity contribution >= 4 is 0 Å². The average molecular weight is 296 g/mol. The summed E-state index contributed by atoms with van der Waals surface area (Å²) in [5.41, 5.74) is -0.0198. The van der Waals surface area contributed by atoms with E-state index < -0.39 is 0 Å². The monoisotopic (exact) mass is 296 g/mol. The van der Waals surface area contributed by atoms with E-state index in [-0.39, 0.29) is 17.0 Å². The Morgan fingerprint density at radius 3 is 1.00 bits per heavy atom. The highest BCUT2D eigenvalue weighted by atomic mass is 16.7. The Balaban J connectivity index is 2.25. The summed E-state index contributed by atoms with van der Waals surface area (Å²) in [6.07, 6.45) is 4.39. The van der Waals surface area contributed by atoms with Gasteiger partial charge in [0.15, 0.2) is 5.79 Å². The van der Waals surface area contributed by atoms with Crippen molar-refractivity contribution in [3.8, 4) is 0 Å². The van der Waals surface area contributed by atoms with Crippen molar-refractivity contribution in [2.45, 2.75) is 98.1 Å². The fraction of sp³-hybridized carbons (Fsp3) is 1.00. The van der Waals surface area contributed by atoms with Crippen LogP contribution in [0.2, 0.25) is 0 Å². The third-order valence-electron chi connectivity index (χ3n) is 6.45. The van der Waals surface area contributed by atoms with Gasteiger partial charge in [0.1, 0.15) is 0 Å². The van der Waals surface area contributed by atoms with Crippen LogP contribution in [0.25, 0.3) is 0 Å². The summed E-state index contributed by atoms with van der Waals surface area (Å²) in [6, 6.07) is 0. The molecule has 2 heterocycles. The zero-order chi connectivity index (χ0) is 16.1. The zero-order valence-corrected chi connectivity index (χ0v) is 15.5. The molecule has 0 aromatic carbocycles. The molecule has 0 radical (unpaired) electrons. The van der Waals surface area contributed by atoms with Crippen LogP contribution in [0.3, 0.4) is 0 Å². The van der Waals surface area contributed by atoms with Gasteiger partial charge in [0.2, 0.25) is 0 Å². The van der Waals surface area contributed by atoms with E-state index in [9.17, 15) is 0 Å². The first-order valence-corrected chi connectivity index (χ1v) is 9.00. The highest BCUT2D eigenvalue weighted by Gasteiger charge is 2.60. The molecule has 2 heteroatoms. The molecule has 2 rings (SSSR count). The molecule has 0 bridgehead atoms. The molecule has 124 valence electrons. The summed E-state index contributed by atoms with van der Waals surface area (Å²) in [5.74, 6) is 1.83. The molecule has 0 N–H and O–H groups in total. The van der Waals surface area contributed by atoms with E-state index in [0.29, 0.717) is 23.7 Å². The van der Waals surface area contributed by atoms with Crippen molar-refractivity contribution < 1.29 is 9.47 Å². The van der Waals surface area contributed by atoms with E-state index in [1.54, 1.807) is 0 Å². The summed E-state index contributed by atoms with van der Waals surface area (Å²) in [6.45, 7) is 18.4. The average Bonchev–Trinajstić information content (AvgIpc) is 2.93. The van der Waals surface area contributed by atoms with Crippen molar-refractivity contribution in [2.75, 3.05) is 0 Å². The van der Waals surface area contributed by atoms with E-state index >= 15 is 0 Å². The summed E-state index contributed by atoms with van der Waals surface area (Å²) < 4.78 is 13.5. The Morgan fingerprint density at radius 2 is 0.810 bits per heavy atom. The number of hydrogen-bond acceptors (Lipinski definition) is 2. The lowest BCUT2D eigenvalue weighted by Crippen LogP contribution is -2.47. The van der Waals surface area contributed by atoms with Gasteiger partial charge in [-0.3, -0.25) is 0 Å². The maximum absolute atomic E-state index is 6.75. The van der Waals surface area contributed by atoms with Crippen molar-refractivity contribution in [1.29, 1.82) is 0 Å². The fourth-order valence-electron chi connectivity index (χ4n) is 4.88. The predicted octanol–water partition coefficient (Wildman–Crippen LogP) is 5.41. The Kier molecular flexibility index (Phi) is 4.55. The molecular weight excluding hydrogens is 260 g/mol. The smallest absolute Gasteiger partial charge is 0.170 e. The van der Waals surface area contributed by atoms with Gasteiger partial charge in [-0.15, -0.1) is 0 Å². The molecule has 1 spiro atoms. The molecule has 0 unspecified atom stereocenters. The minimum atomic E-state index is -0.316. The summed E-state index contributed by atoms with van der Waals surface area (Å²) in [4.78, 5) is 0. The lowest BCUT2D eigenvalue weighted by Gasteiger charge is -2.42. The van der Waals surface area contributed by atoms with Gasteiger partial charge in [0, 0.05) is 12.8 Å². The summed E-state index contributed by atoms with van der Waals surface area (Å²) in [5, 5.41) is 0. The minimum Gasteiger partial charge on any atom is -0.343 e. The van der Waals surface area contributed by atoms with Gasteiger partial charge >= 0.3 is 0 Å². The second kappa shape index (κ2) is 5.53. The molecular formula is C19H36O2. The molecule has 2 aliphatic heterocycles. The van der Waals surface area contributed by atoms with Gasteiger partial charge < -0.3 is 9.47 Å². The Bertz CT molecular complexity index is 316. The fourth-order valence-corrected chi connectivity index (χ4v) is 4.88. The molecule has 2 saturated heterocycles. The topological polar surface area (TPSA) is 18.5 Å². The van der Waals surface area contributed by atoms with Crippen LogP contribution in [0.5, 0.6) is 0 Å². The number of hydrogen-bond donors (Lipinski definition) is 0. The molecule has 0 saturated carbocycles. The maximum atomic E-state index is 6.75. The van der Waals surface area contributed by atoms with E-state index in [0.717, 1.165) is 25.7 Å². The van der Waals surface area contributed by atoms with Crippen LogP contribution in [0.4, 0.5) is 0 Å². The van der Waals surface area contributed by atoms with Crippen LogP contribution in [0.15, 0.2) is 0 Å². The Labute approximate surface area is 132 Å². The highest BCUT2D eigenvalue weighted by molar-refractivity contribution is 5.04. The lowest BCUT2D eigenvalue weighted by molar-refractivity contribution is -0.291. The second-order valence-electron chi connectivity index (χ2n) is 8.64. The standard InChI is InChI=1S/C19H36O2/c1-13(2)18(14(3)4)11-9-17(20-18)10-12-19(21-17,15(5)6)16(7)8/h13-16H,9-12H2,1-8H3. The molecule has 2 fully saturated rings. The van der Waals surface area contributed by atoms with E-state index in [2.05, 4.69) is 55.4 Å². The minimum absolute atomic E-state index is 0.00988.